The van der Waals surface area contributed by atoms with Crippen LogP contribution in [0.1, 0.15) is 48.8 Å². The average Bonchev–Trinajstić information content (AvgIpc) is 3.23. The number of carbonyl (C=O) groups excluding carboxylic acids is 2. The summed E-state index contributed by atoms with van der Waals surface area (Å²) in [4.78, 5) is 29.9. The molecule has 0 aliphatic carbocycles. The molecule has 3 rings (SSSR count). The number of halogens is 3. The number of pyridine rings is 1. The molecule has 9 nitrogen and oxygen atoms in total. The van der Waals surface area contributed by atoms with Crippen LogP contribution >= 0.6 is 0 Å². The summed E-state index contributed by atoms with van der Waals surface area (Å²) in [5.41, 5.74) is -1.62. The van der Waals surface area contributed by atoms with Crippen molar-refractivity contribution in [1.82, 2.24) is 15.2 Å². The van der Waals surface area contributed by atoms with Gasteiger partial charge in [0.2, 0.25) is 5.88 Å². The van der Waals surface area contributed by atoms with E-state index in [2.05, 4.69) is 10.3 Å². The van der Waals surface area contributed by atoms with Crippen molar-refractivity contribution in [1.29, 1.82) is 0 Å². The highest BCUT2D eigenvalue weighted by molar-refractivity contribution is 7.79. The number of nitrogens with zero attached hydrogens (tertiary/aromatic N) is 2. The Morgan fingerprint density at radius 2 is 1.92 bits per heavy atom. The van der Waals surface area contributed by atoms with E-state index in [1.54, 1.807) is 31.7 Å². The average molecular weight is 544 g/mol. The summed E-state index contributed by atoms with van der Waals surface area (Å²) >= 11 is -1.45. The fourth-order valence-electron chi connectivity index (χ4n) is 3.53. The van der Waals surface area contributed by atoms with Crippen molar-refractivity contribution in [2.75, 3.05) is 19.3 Å². The summed E-state index contributed by atoms with van der Waals surface area (Å²) in [7, 11) is 0. The van der Waals surface area contributed by atoms with Gasteiger partial charge < -0.3 is 19.7 Å². The summed E-state index contributed by atoms with van der Waals surface area (Å²) in [5, 5.41) is 2.40. The van der Waals surface area contributed by atoms with Gasteiger partial charge in [-0.15, -0.1) is 0 Å². The number of likely N-dealkylation sites (tertiary alicyclic amines) is 1. The molecule has 2 amide bonds. The van der Waals surface area contributed by atoms with Crippen molar-refractivity contribution >= 4 is 23.1 Å². The third-order valence-corrected chi connectivity index (χ3v) is 5.54. The third-order valence-electron chi connectivity index (χ3n) is 5.00. The molecule has 13 heteroatoms. The quantitative estimate of drug-likeness (QED) is 0.550. The zero-order chi connectivity index (χ0) is 27.4. The molecular formula is C24H28F3N3O6S. The summed E-state index contributed by atoms with van der Waals surface area (Å²) in [6.07, 6.45) is -3.93. The Bertz CT molecular complexity index is 1170. The summed E-state index contributed by atoms with van der Waals surface area (Å²) in [6.45, 7) is 5.41. The predicted molar refractivity (Wildman–Crippen MR) is 128 cm³/mol. The van der Waals surface area contributed by atoms with Gasteiger partial charge in [0, 0.05) is 37.5 Å². The van der Waals surface area contributed by atoms with E-state index < -0.39 is 34.6 Å². The standard InChI is InChI=1S/C24H28F3N3O6S/c1-23(2,3)35-22(32)28-13-15-10-19(24(25,26)27)29-20(11-15)34-17-7-5-6-16(12-17)21(31)30-9-8-18(14-30)36-37(4)33/h5-7,10-12,18H,8-9,13-14H2,1-4H3,(H,28,32). The topological polar surface area (TPSA) is 107 Å². The molecule has 1 aliphatic heterocycles. The second kappa shape index (κ2) is 11.5. The van der Waals surface area contributed by atoms with Crippen molar-refractivity contribution in [3.8, 4) is 11.6 Å². The summed E-state index contributed by atoms with van der Waals surface area (Å²) in [5.74, 6) is -0.580. The second-order valence-corrected chi connectivity index (χ2v) is 10.3. The molecule has 0 bridgehead atoms. The van der Waals surface area contributed by atoms with Crippen LogP contribution in [0, 0.1) is 0 Å². The van der Waals surface area contributed by atoms with Crippen molar-refractivity contribution in [3.63, 3.8) is 0 Å². The molecule has 0 saturated carbocycles. The van der Waals surface area contributed by atoms with E-state index in [1.165, 1.54) is 30.5 Å². The van der Waals surface area contributed by atoms with Crippen LogP contribution < -0.4 is 10.1 Å². The Morgan fingerprint density at radius 1 is 1.19 bits per heavy atom. The number of nitrogens with one attached hydrogen (secondary N) is 1. The Balaban J connectivity index is 1.75. The molecule has 2 unspecified atom stereocenters. The van der Waals surface area contributed by atoms with E-state index in [4.69, 9.17) is 13.7 Å². The molecule has 0 radical (unpaired) electrons. The maximum absolute atomic E-state index is 13.5. The molecule has 1 aromatic carbocycles. The fourth-order valence-corrected chi connectivity index (χ4v) is 4.07. The molecular weight excluding hydrogens is 515 g/mol. The molecule has 1 N–H and O–H groups in total. The van der Waals surface area contributed by atoms with Crippen molar-refractivity contribution in [3.05, 3.63) is 53.2 Å². The summed E-state index contributed by atoms with van der Waals surface area (Å²) < 4.78 is 67.6. The van der Waals surface area contributed by atoms with Crippen molar-refractivity contribution < 1.29 is 40.6 Å². The predicted octanol–water partition coefficient (Wildman–Crippen LogP) is 4.44. The number of benzene rings is 1. The van der Waals surface area contributed by atoms with Crippen molar-refractivity contribution in [2.24, 2.45) is 0 Å². The molecule has 37 heavy (non-hydrogen) atoms. The van der Waals surface area contributed by atoms with Gasteiger partial charge in [-0.25, -0.2) is 14.0 Å². The van der Waals surface area contributed by atoms with E-state index in [-0.39, 0.29) is 47.9 Å². The number of rotatable bonds is 7. The molecule has 1 fully saturated rings. The highest BCUT2D eigenvalue weighted by Gasteiger charge is 2.34. The zero-order valence-electron chi connectivity index (χ0n) is 20.8. The van der Waals surface area contributed by atoms with E-state index in [9.17, 15) is 27.0 Å². The number of carbonyl (C=O) groups is 2. The van der Waals surface area contributed by atoms with Crippen LogP contribution in [0.5, 0.6) is 11.6 Å². The van der Waals surface area contributed by atoms with Gasteiger partial charge in [0.25, 0.3) is 5.91 Å². The molecule has 1 aliphatic rings. The monoisotopic (exact) mass is 543 g/mol. The normalized spacial score (nSPS) is 16.8. The number of amides is 2. The van der Waals surface area contributed by atoms with Gasteiger partial charge in [-0.3, -0.25) is 8.98 Å². The largest absolute Gasteiger partial charge is 0.444 e. The molecule has 1 aromatic heterocycles. The number of hydrogen-bond donors (Lipinski definition) is 1. The first-order valence-electron chi connectivity index (χ1n) is 11.3. The van der Waals surface area contributed by atoms with Gasteiger partial charge in [0.05, 0.1) is 6.10 Å². The molecule has 2 aromatic rings. The SMILES string of the molecule is CS(=O)OC1CCN(C(=O)c2cccc(Oc3cc(CNC(=O)OC(C)(C)C)cc(C(F)(F)F)n3)c2)C1. The first-order valence-corrected chi connectivity index (χ1v) is 12.8. The number of ether oxygens (including phenoxy) is 2. The van der Waals surface area contributed by atoms with E-state index in [1.807, 2.05) is 0 Å². The highest BCUT2D eigenvalue weighted by Crippen LogP contribution is 2.32. The zero-order valence-corrected chi connectivity index (χ0v) is 21.6. The van der Waals surface area contributed by atoms with Crippen molar-refractivity contribution in [2.45, 2.75) is 51.6 Å². The van der Waals surface area contributed by atoms with Crippen LogP contribution in [-0.4, -0.2) is 57.1 Å². The first kappa shape index (κ1) is 28.4. The number of alkyl halides is 3. The molecule has 1 saturated heterocycles. The van der Waals surface area contributed by atoms with Gasteiger partial charge in [0.1, 0.15) is 17.0 Å². The smallest absolute Gasteiger partial charge is 0.433 e. The maximum Gasteiger partial charge on any atom is 0.433 e. The van der Waals surface area contributed by atoms with Gasteiger partial charge in [-0.2, -0.15) is 13.2 Å². The Morgan fingerprint density at radius 3 is 2.57 bits per heavy atom. The van der Waals surface area contributed by atoms with Crippen LogP contribution in [0.25, 0.3) is 0 Å². The Hall–Kier alpha value is -3.19. The lowest BCUT2D eigenvalue weighted by Crippen LogP contribution is -2.32. The first-order chi connectivity index (χ1) is 17.2. The Kier molecular flexibility index (Phi) is 8.80. The molecule has 202 valence electrons. The lowest BCUT2D eigenvalue weighted by molar-refractivity contribution is -0.141. The summed E-state index contributed by atoms with van der Waals surface area (Å²) in [6, 6.07) is 8.03. The van der Waals surface area contributed by atoms with Gasteiger partial charge >= 0.3 is 12.3 Å². The number of hydrogen-bond acceptors (Lipinski definition) is 7. The van der Waals surface area contributed by atoms with Crippen LogP contribution in [0.3, 0.4) is 0 Å². The van der Waals surface area contributed by atoms with E-state index in [0.717, 1.165) is 6.07 Å². The fraction of sp³-hybridized carbons (Fsp3) is 0.458. The highest BCUT2D eigenvalue weighted by atomic mass is 32.2. The minimum atomic E-state index is -4.76. The molecule has 2 atom stereocenters. The maximum atomic E-state index is 13.5. The van der Waals surface area contributed by atoms with E-state index >= 15 is 0 Å². The molecule has 0 spiro atoms. The van der Waals surface area contributed by atoms with Gasteiger partial charge in [-0.1, -0.05) is 6.07 Å². The van der Waals surface area contributed by atoms with Crippen LogP contribution in [0.15, 0.2) is 36.4 Å². The lowest BCUT2D eigenvalue weighted by Gasteiger charge is -2.20. The lowest BCUT2D eigenvalue weighted by atomic mass is 10.2. The Labute approximate surface area is 214 Å². The van der Waals surface area contributed by atoms with Gasteiger partial charge in [-0.05, 0) is 57.0 Å². The number of aromatic nitrogens is 1. The number of alkyl carbamates (subject to hydrolysis) is 1. The third kappa shape index (κ3) is 8.71. The minimum absolute atomic E-state index is 0.0897. The van der Waals surface area contributed by atoms with Crippen LogP contribution in [-0.2, 0) is 32.7 Å². The minimum Gasteiger partial charge on any atom is -0.444 e. The molecule has 2 heterocycles. The van der Waals surface area contributed by atoms with Crippen LogP contribution in [0.4, 0.5) is 18.0 Å². The second-order valence-electron chi connectivity index (χ2n) is 9.34. The van der Waals surface area contributed by atoms with Crippen LogP contribution in [0.2, 0.25) is 0 Å². The van der Waals surface area contributed by atoms with Gasteiger partial charge in [0.15, 0.2) is 11.1 Å². The van der Waals surface area contributed by atoms with E-state index in [0.29, 0.717) is 13.0 Å².